The number of rotatable bonds is 4. The molecule has 0 bridgehead atoms. The summed E-state index contributed by atoms with van der Waals surface area (Å²) >= 11 is 12.0. The van der Waals surface area contributed by atoms with Crippen LogP contribution >= 0.6 is 23.2 Å². The van der Waals surface area contributed by atoms with E-state index in [9.17, 15) is 8.78 Å². The highest BCUT2D eigenvalue weighted by Crippen LogP contribution is 2.32. The van der Waals surface area contributed by atoms with Gasteiger partial charge in [0.2, 0.25) is 0 Å². The van der Waals surface area contributed by atoms with E-state index in [1.165, 1.54) is 18.2 Å². The van der Waals surface area contributed by atoms with Gasteiger partial charge < -0.3 is 10.6 Å². The molecule has 0 aliphatic carbocycles. The Balaban J connectivity index is 1.79. The number of benzene rings is 3. The first-order valence-electron chi connectivity index (χ1n) is 8.33. The Kier molecular flexibility index (Phi) is 5.03. The van der Waals surface area contributed by atoms with Gasteiger partial charge in [0.25, 0.3) is 0 Å². The number of pyridine rings is 1. The van der Waals surface area contributed by atoms with Gasteiger partial charge in [-0.1, -0.05) is 35.3 Å². The summed E-state index contributed by atoms with van der Waals surface area (Å²) in [5, 5.41) is 7.55. The molecule has 0 atom stereocenters. The molecule has 3 nitrogen and oxygen atoms in total. The van der Waals surface area contributed by atoms with E-state index in [2.05, 4.69) is 15.6 Å². The van der Waals surface area contributed by atoms with Crippen LogP contribution in [0.4, 0.5) is 31.7 Å². The molecule has 2 N–H and O–H groups in total. The average molecular weight is 416 g/mol. The average Bonchev–Trinajstić information content (AvgIpc) is 2.67. The molecule has 1 heterocycles. The molecular weight excluding hydrogens is 403 g/mol. The minimum Gasteiger partial charge on any atom is -0.355 e. The summed E-state index contributed by atoms with van der Waals surface area (Å²) in [6.07, 6.45) is 0. The van der Waals surface area contributed by atoms with E-state index in [0.717, 1.165) is 0 Å². The quantitative estimate of drug-likeness (QED) is 0.366. The van der Waals surface area contributed by atoms with Crippen LogP contribution in [0.3, 0.4) is 0 Å². The fourth-order valence-electron chi connectivity index (χ4n) is 2.80. The first-order valence-corrected chi connectivity index (χ1v) is 9.09. The van der Waals surface area contributed by atoms with Gasteiger partial charge in [-0.15, -0.1) is 0 Å². The highest BCUT2D eigenvalue weighted by Gasteiger charge is 2.10. The zero-order chi connectivity index (χ0) is 19.7. The van der Waals surface area contributed by atoms with Crippen molar-refractivity contribution in [2.24, 2.45) is 0 Å². The molecule has 0 saturated heterocycles. The van der Waals surface area contributed by atoms with E-state index >= 15 is 0 Å². The molecule has 7 heteroatoms. The zero-order valence-corrected chi connectivity index (χ0v) is 15.8. The molecule has 4 rings (SSSR count). The van der Waals surface area contributed by atoms with Crippen LogP contribution in [-0.2, 0) is 0 Å². The molecule has 3 aromatic carbocycles. The first-order chi connectivity index (χ1) is 13.5. The molecule has 0 spiro atoms. The van der Waals surface area contributed by atoms with Crippen molar-refractivity contribution < 1.29 is 8.78 Å². The van der Waals surface area contributed by atoms with Gasteiger partial charge in [-0.25, -0.2) is 13.8 Å². The summed E-state index contributed by atoms with van der Waals surface area (Å²) < 4.78 is 27.8. The van der Waals surface area contributed by atoms with Crippen molar-refractivity contribution in [3.8, 4) is 0 Å². The van der Waals surface area contributed by atoms with E-state index in [-0.39, 0.29) is 11.5 Å². The van der Waals surface area contributed by atoms with E-state index in [4.69, 9.17) is 23.2 Å². The smallest absolute Gasteiger partial charge is 0.146 e. The molecule has 0 aliphatic heterocycles. The zero-order valence-electron chi connectivity index (χ0n) is 14.3. The lowest BCUT2D eigenvalue weighted by atomic mass is 10.1. The van der Waals surface area contributed by atoms with E-state index in [0.29, 0.717) is 38.1 Å². The molecular formula is C21H13Cl2F2N3. The Labute approximate surface area is 169 Å². The molecule has 0 amide bonds. The molecule has 0 aliphatic rings. The number of hydrogen-bond donors (Lipinski definition) is 2. The first kappa shape index (κ1) is 18.5. The third-order valence-corrected chi connectivity index (χ3v) is 4.84. The Hall–Kier alpha value is -2.89. The fraction of sp³-hybridized carbons (Fsp3) is 0. The summed E-state index contributed by atoms with van der Waals surface area (Å²) in [4.78, 5) is 4.46. The second kappa shape index (κ2) is 7.62. The highest BCUT2D eigenvalue weighted by atomic mass is 35.5. The van der Waals surface area contributed by atoms with Crippen molar-refractivity contribution in [2.75, 3.05) is 10.6 Å². The van der Waals surface area contributed by atoms with Crippen LogP contribution in [0.2, 0.25) is 10.0 Å². The number of halogens is 4. The maximum atomic E-state index is 14.0. The number of nitrogens with one attached hydrogen (secondary N) is 2. The lowest BCUT2D eigenvalue weighted by molar-refractivity contribution is 0.629. The minimum atomic E-state index is -0.400. The highest BCUT2D eigenvalue weighted by molar-refractivity contribution is 6.42. The molecule has 140 valence electrons. The van der Waals surface area contributed by atoms with E-state index in [1.54, 1.807) is 48.5 Å². The predicted molar refractivity (Wildman–Crippen MR) is 111 cm³/mol. The van der Waals surface area contributed by atoms with Gasteiger partial charge in [-0.2, -0.15) is 0 Å². The number of para-hydroxylation sites is 1. The second-order valence-corrected chi connectivity index (χ2v) is 6.89. The standard InChI is InChI=1S/C21H13Cl2F2N3/c22-15-7-6-13(10-16(15)23)26-20-11-21(28-19-4-2-1-3-17(19)25)27-18-8-5-12(24)9-14(18)20/h1-11H,(H2,26,27,28). The molecule has 0 unspecified atom stereocenters. The van der Waals surface area contributed by atoms with E-state index in [1.807, 2.05) is 0 Å². The minimum absolute atomic E-state index is 0.289. The van der Waals surface area contributed by atoms with Crippen LogP contribution in [0, 0.1) is 11.6 Å². The van der Waals surface area contributed by atoms with Crippen molar-refractivity contribution in [3.05, 3.63) is 88.4 Å². The molecule has 4 aromatic rings. The lowest BCUT2D eigenvalue weighted by Gasteiger charge is -2.14. The molecule has 0 fully saturated rings. The second-order valence-electron chi connectivity index (χ2n) is 6.08. The van der Waals surface area contributed by atoms with Crippen LogP contribution < -0.4 is 10.6 Å². The molecule has 1 aromatic heterocycles. The molecule has 28 heavy (non-hydrogen) atoms. The number of hydrogen-bond acceptors (Lipinski definition) is 3. The summed E-state index contributed by atoms with van der Waals surface area (Å²) in [7, 11) is 0. The lowest BCUT2D eigenvalue weighted by Crippen LogP contribution is -2.00. The monoisotopic (exact) mass is 415 g/mol. The van der Waals surface area contributed by atoms with E-state index < -0.39 is 5.82 Å². The van der Waals surface area contributed by atoms with Crippen LogP contribution in [0.25, 0.3) is 10.9 Å². The Morgan fingerprint density at radius 1 is 0.750 bits per heavy atom. The number of nitrogens with zero attached hydrogens (tertiary/aromatic N) is 1. The van der Waals surface area contributed by atoms with Gasteiger partial charge in [0.1, 0.15) is 17.5 Å². The fourth-order valence-corrected chi connectivity index (χ4v) is 3.09. The van der Waals surface area contributed by atoms with Crippen molar-refractivity contribution in [2.45, 2.75) is 0 Å². The number of aromatic nitrogens is 1. The maximum Gasteiger partial charge on any atom is 0.146 e. The summed E-state index contributed by atoms with van der Waals surface area (Å²) in [5.41, 5.74) is 2.09. The van der Waals surface area contributed by atoms with Crippen molar-refractivity contribution >= 4 is 57.0 Å². The van der Waals surface area contributed by atoms with Crippen LogP contribution in [0.1, 0.15) is 0 Å². The summed E-state index contributed by atoms with van der Waals surface area (Å²) in [5.74, 6) is -0.379. The molecule has 0 radical (unpaired) electrons. The van der Waals surface area contributed by atoms with Gasteiger partial charge in [0.15, 0.2) is 0 Å². The Morgan fingerprint density at radius 3 is 2.36 bits per heavy atom. The predicted octanol–water partition coefficient (Wildman–Crippen LogP) is 7.31. The van der Waals surface area contributed by atoms with Crippen LogP contribution in [0.15, 0.2) is 66.7 Å². The summed E-state index contributed by atoms with van der Waals surface area (Å²) in [6.45, 7) is 0. The number of fused-ring (bicyclic) bond motifs is 1. The largest absolute Gasteiger partial charge is 0.355 e. The van der Waals surface area contributed by atoms with Crippen LogP contribution in [0.5, 0.6) is 0 Å². The van der Waals surface area contributed by atoms with Crippen molar-refractivity contribution in [1.29, 1.82) is 0 Å². The van der Waals surface area contributed by atoms with Crippen molar-refractivity contribution in [1.82, 2.24) is 4.98 Å². The normalized spacial score (nSPS) is 10.9. The summed E-state index contributed by atoms with van der Waals surface area (Å²) in [6, 6.07) is 17.3. The van der Waals surface area contributed by atoms with Crippen molar-refractivity contribution in [3.63, 3.8) is 0 Å². The topological polar surface area (TPSA) is 37.0 Å². The molecule has 0 saturated carbocycles. The Bertz CT molecular complexity index is 1180. The van der Waals surface area contributed by atoms with Gasteiger partial charge in [-0.3, -0.25) is 0 Å². The van der Waals surface area contributed by atoms with Gasteiger partial charge >= 0.3 is 0 Å². The third-order valence-electron chi connectivity index (χ3n) is 4.11. The van der Waals surface area contributed by atoms with Crippen LogP contribution in [-0.4, -0.2) is 4.98 Å². The maximum absolute atomic E-state index is 14.0. The SMILES string of the molecule is Fc1ccc2nc(Nc3ccccc3F)cc(Nc3ccc(Cl)c(Cl)c3)c2c1. The number of anilines is 4. The van der Waals surface area contributed by atoms with Gasteiger partial charge in [-0.05, 0) is 48.5 Å². The Morgan fingerprint density at radius 2 is 1.57 bits per heavy atom. The van der Waals surface area contributed by atoms with Gasteiger partial charge in [0.05, 0.1) is 26.9 Å². The third kappa shape index (κ3) is 3.86. The van der Waals surface area contributed by atoms with Gasteiger partial charge in [0, 0.05) is 17.1 Å².